The Balaban J connectivity index is 1.75. The van der Waals surface area contributed by atoms with E-state index in [0.29, 0.717) is 22.6 Å². The number of nitro benzene ring substituents is 1. The third-order valence-electron chi connectivity index (χ3n) is 3.85. The summed E-state index contributed by atoms with van der Waals surface area (Å²) in [5, 5.41) is 16.8. The van der Waals surface area contributed by atoms with E-state index in [-0.39, 0.29) is 11.6 Å². The normalized spacial score (nSPS) is 10.3. The van der Waals surface area contributed by atoms with Crippen LogP contribution in [0.4, 0.5) is 22.9 Å². The topological polar surface area (TPSA) is 110 Å². The van der Waals surface area contributed by atoms with Crippen LogP contribution in [0.2, 0.25) is 0 Å². The van der Waals surface area contributed by atoms with Gasteiger partial charge >= 0.3 is 0 Å². The number of amides is 1. The summed E-state index contributed by atoms with van der Waals surface area (Å²) in [6.45, 7) is 3.47. The van der Waals surface area contributed by atoms with Crippen molar-refractivity contribution < 1.29 is 9.72 Å². The number of benzene rings is 2. The summed E-state index contributed by atoms with van der Waals surface area (Å²) >= 11 is 0. The number of aromatic nitrogens is 2. The fourth-order valence-corrected chi connectivity index (χ4v) is 2.55. The van der Waals surface area contributed by atoms with Gasteiger partial charge in [0.1, 0.15) is 12.1 Å². The number of hydrogen-bond acceptors (Lipinski definition) is 6. The third kappa shape index (κ3) is 4.43. The summed E-state index contributed by atoms with van der Waals surface area (Å²) in [7, 11) is 0. The summed E-state index contributed by atoms with van der Waals surface area (Å²) in [6.07, 6.45) is 1.47. The van der Waals surface area contributed by atoms with Crippen molar-refractivity contribution in [3.63, 3.8) is 0 Å². The summed E-state index contributed by atoms with van der Waals surface area (Å²) < 4.78 is 0. The number of carbonyl (C=O) groups excluding carboxylic acids is 1. The maximum absolute atomic E-state index is 12.4. The predicted octanol–water partition coefficient (Wildman–Crippen LogP) is 4.00. The van der Waals surface area contributed by atoms with Gasteiger partial charge in [0.15, 0.2) is 0 Å². The number of anilines is 3. The van der Waals surface area contributed by atoms with Crippen LogP contribution < -0.4 is 10.6 Å². The fraction of sp³-hybridized carbons (Fsp3) is 0.105. The molecule has 1 aromatic heterocycles. The van der Waals surface area contributed by atoms with Crippen LogP contribution in [-0.4, -0.2) is 20.8 Å². The van der Waals surface area contributed by atoms with Gasteiger partial charge in [-0.05, 0) is 44.2 Å². The molecule has 0 bridgehead atoms. The van der Waals surface area contributed by atoms with Crippen LogP contribution in [0.15, 0.2) is 54.9 Å². The van der Waals surface area contributed by atoms with Crippen LogP contribution in [-0.2, 0) is 0 Å². The average molecular weight is 363 g/mol. The summed E-state index contributed by atoms with van der Waals surface area (Å²) in [5.74, 6) is 0.306. The van der Waals surface area contributed by atoms with E-state index in [4.69, 9.17) is 0 Å². The molecule has 8 heteroatoms. The molecular weight excluding hydrogens is 346 g/mol. The first kappa shape index (κ1) is 18.0. The number of rotatable bonds is 5. The lowest BCUT2D eigenvalue weighted by atomic mass is 10.1. The maximum atomic E-state index is 12.4. The lowest BCUT2D eigenvalue weighted by Gasteiger charge is -2.10. The number of aryl methyl sites for hydroxylation is 2. The van der Waals surface area contributed by atoms with E-state index < -0.39 is 4.92 Å². The van der Waals surface area contributed by atoms with Crippen molar-refractivity contribution in [3.05, 3.63) is 81.8 Å². The Morgan fingerprint density at radius 3 is 2.52 bits per heavy atom. The lowest BCUT2D eigenvalue weighted by molar-refractivity contribution is -0.385. The standard InChI is InChI=1S/C19H17N5O3/c1-12-8-14(6-7-17(12)24(26)27)19(25)23-16-5-3-4-15(10-16)22-18-9-13(2)20-11-21-18/h3-11H,1-2H3,(H,23,25)(H,20,21,22). The van der Waals surface area contributed by atoms with Crippen LogP contribution in [0, 0.1) is 24.0 Å². The van der Waals surface area contributed by atoms with Gasteiger partial charge in [-0.15, -0.1) is 0 Å². The fourth-order valence-electron chi connectivity index (χ4n) is 2.55. The summed E-state index contributed by atoms with van der Waals surface area (Å²) in [4.78, 5) is 31.0. The number of hydrogen-bond donors (Lipinski definition) is 2. The van der Waals surface area contributed by atoms with Crippen molar-refractivity contribution in [3.8, 4) is 0 Å². The molecule has 3 aromatic rings. The van der Waals surface area contributed by atoms with Crippen molar-refractivity contribution in [2.24, 2.45) is 0 Å². The molecule has 2 N–H and O–H groups in total. The third-order valence-corrected chi connectivity index (χ3v) is 3.85. The van der Waals surface area contributed by atoms with Gasteiger partial charge < -0.3 is 10.6 Å². The monoisotopic (exact) mass is 363 g/mol. The molecule has 1 amide bonds. The van der Waals surface area contributed by atoms with Gasteiger partial charge in [0, 0.05) is 40.3 Å². The first-order chi connectivity index (χ1) is 12.9. The Labute approximate surface area is 155 Å². The van der Waals surface area contributed by atoms with Crippen molar-refractivity contribution in [1.82, 2.24) is 9.97 Å². The highest BCUT2D eigenvalue weighted by atomic mass is 16.6. The molecule has 0 saturated carbocycles. The second-order valence-corrected chi connectivity index (χ2v) is 5.96. The van der Waals surface area contributed by atoms with Gasteiger partial charge in [-0.25, -0.2) is 9.97 Å². The van der Waals surface area contributed by atoms with Crippen molar-refractivity contribution in [1.29, 1.82) is 0 Å². The molecule has 0 aliphatic heterocycles. The van der Waals surface area contributed by atoms with E-state index in [0.717, 1.165) is 11.4 Å². The van der Waals surface area contributed by atoms with Crippen molar-refractivity contribution >= 4 is 28.8 Å². The van der Waals surface area contributed by atoms with Crippen LogP contribution >= 0.6 is 0 Å². The quantitative estimate of drug-likeness (QED) is 0.524. The second kappa shape index (κ2) is 7.61. The number of nitro groups is 1. The van der Waals surface area contributed by atoms with Gasteiger partial charge in [0.25, 0.3) is 11.6 Å². The minimum atomic E-state index is -0.471. The van der Waals surface area contributed by atoms with Gasteiger partial charge in [-0.1, -0.05) is 6.07 Å². The summed E-state index contributed by atoms with van der Waals surface area (Å²) in [5.41, 5.74) is 2.95. The van der Waals surface area contributed by atoms with Gasteiger partial charge in [0.05, 0.1) is 4.92 Å². The van der Waals surface area contributed by atoms with Crippen LogP contribution in [0.25, 0.3) is 0 Å². The Morgan fingerprint density at radius 1 is 1.04 bits per heavy atom. The van der Waals surface area contributed by atoms with E-state index >= 15 is 0 Å². The molecular formula is C19H17N5O3. The number of carbonyl (C=O) groups is 1. The molecule has 2 aromatic carbocycles. The zero-order chi connectivity index (χ0) is 19.4. The Kier molecular flexibility index (Phi) is 5.07. The summed E-state index contributed by atoms with van der Waals surface area (Å²) in [6, 6.07) is 13.3. The SMILES string of the molecule is Cc1cc(Nc2cccc(NC(=O)c3ccc([N+](=O)[O-])c(C)c3)c2)ncn1. The molecule has 0 atom stereocenters. The number of nitrogens with zero attached hydrogens (tertiary/aromatic N) is 3. The molecule has 3 rings (SSSR count). The predicted molar refractivity (Wildman–Crippen MR) is 102 cm³/mol. The second-order valence-electron chi connectivity index (χ2n) is 5.96. The lowest BCUT2D eigenvalue weighted by Crippen LogP contribution is -2.12. The molecule has 27 heavy (non-hydrogen) atoms. The van der Waals surface area contributed by atoms with Gasteiger partial charge in [-0.3, -0.25) is 14.9 Å². The van der Waals surface area contributed by atoms with E-state index in [1.165, 1.54) is 24.5 Å². The molecule has 0 spiro atoms. The molecule has 0 aliphatic rings. The highest BCUT2D eigenvalue weighted by molar-refractivity contribution is 6.04. The van der Waals surface area contributed by atoms with E-state index in [9.17, 15) is 14.9 Å². The molecule has 136 valence electrons. The first-order valence-corrected chi connectivity index (χ1v) is 8.14. The minimum absolute atomic E-state index is 0.0158. The van der Waals surface area contributed by atoms with Crippen LogP contribution in [0.1, 0.15) is 21.6 Å². The van der Waals surface area contributed by atoms with Gasteiger partial charge in [0.2, 0.25) is 0 Å². The molecule has 0 aliphatic carbocycles. The Bertz CT molecular complexity index is 1020. The van der Waals surface area contributed by atoms with E-state index in [1.54, 1.807) is 25.1 Å². The molecule has 1 heterocycles. The number of nitrogens with one attached hydrogen (secondary N) is 2. The van der Waals surface area contributed by atoms with Crippen LogP contribution in [0.3, 0.4) is 0 Å². The van der Waals surface area contributed by atoms with Crippen molar-refractivity contribution in [2.75, 3.05) is 10.6 Å². The highest BCUT2D eigenvalue weighted by Crippen LogP contribution is 2.22. The smallest absolute Gasteiger partial charge is 0.272 e. The van der Waals surface area contributed by atoms with E-state index in [2.05, 4.69) is 20.6 Å². The van der Waals surface area contributed by atoms with Crippen LogP contribution in [0.5, 0.6) is 0 Å². The van der Waals surface area contributed by atoms with Crippen molar-refractivity contribution in [2.45, 2.75) is 13.8 Å². The maximum Gasteiger partial charge on any atom is 0.272 e. The van der Waals surface area contributed by atoms with Gasteiger partial charge in [-0.2, -0.15) is 0 Å². The van der Waals surface area contributed by atoms with E-state index in [1.807, 2.05) is 19.1 Å². The molecule has 0 saturated heterocycles. The zero-order valence-corrected chi connectivity index (χ0v) is 14.8. The molecule has 0 radical (unpaired) electrons. The zero-order valence-electron chi connectivity index (χ0n) is 14.8. The Hall–Kier alpha value is -3.81. The highest BCUT2D eigenvalue weighted by Gasteiger charge is 2.14. The average Bonchev–Trinajstić information content (AvgIpc) is 2.61. The first-order valence-electron chi connectivity index (χ1n) is 8.14. The molecule has 0 unspecified atom stereocenters. The Morgan fingerprint density at radius 2 is 1.81 bits per heavy atom. The molecule has 8 nitrogen and oxygen atoms in total. The molecule has 0 fully saturated rings. The minimum Gasteiger partial charge on any atom is -0.340 e. The largest absolute Gasteiger partial charge is 0.340 e.